The van der Waals surface area contributed by atoms with Crippen LogP contribution in [0.5, 0.6) is 0 Å². The van der Waals surface area contributed by atoms with Crippen LogP contribution < -0.4 is 10.6 Å². The largest absolute Gasteiger partial charge is 0.459 e. The topological polar surface area (TPSA) is 105 Å². The number of benzene rings is 1. The number of furan rings is 1. The molecular formula is C25H28N4O4S. The molecule has 1 aliphatic rings. The Morgan fingerprint density at radius 2 is 1.88 bits per heavy atom. The lowest BCUT2D eigenvalue weighted by Crippen LogP contribution is -2.43. The van der Waals surface area contributed by atoms with Gasteiger partial charge in [-0.15, -0.1) is 11.3 Å². The van der Waals surface area contributed by atoms with Crippen molar-refractivity contribution in [1.82, 2.24) is 9.88 Å². The van der Waals surface area contributed by atoms with Gasteiger partial charge in [-0.3, -0.25) is 14.4 Å². The van der Waals surface area contributed by atoms with E-state index in [2.05, 4.69) is 15.6 Å². The number of amides is 3. The van der Waals surface area contributed by atoms with Crippen LogP contribution in [-0.4, -0.2) is 40.7 Å². The van der Waals surface area contributed by atoms with Gasteiger partial charge in [-0.1, -0.05) is 32.9 Å². The minimum absolute atomic E-state index is 0.0500. The normalized spacial score (nSPS) is 16.2. The summed E-state index contributed by atoms with van der Waals surface area (Å²) in [6, 6.07) is 10.8. The van der Waals surface area contributed by atoms with Crippen molar-refractivity contribution in [2.45, 2.75) is 33.6 Å². The van der Waals surface area contributed by atoms with Crippen LogP contribution in [0.1, 0.15) is 44.2 Å². The first-order valence-corrected chi connectivity index (χ1v) is 12.1. The lowest BCUT2D eigenvalue weighted by molar-refractivity contribution is -0.123. The molecule has 8 nitrogen and oxygen atoms in total. The minimum Gasteiger partial charge on any atom is -0.459 e. The zero-order valence-corrected chi connectivity index (χ0v) is 20.3. The van der Waals surface area contributed by atoms with Crippen LogP contribution in [0.25, 0.3) is 11.3 Å². The Balaban J connectivity index is 1.35. The molecule has 0 unspecified atom stereocenters. The summed E-state index contributed by atoms with van der Waals surface area (Å²) in [6.45, 7) is 6.55. The average Bonchev–Trinajstić information content (AvgIpc) is 3.51. The molecule has 2 aromatic heterocycles. The second-order valence-electron chi connectivity index (χ2n) is 9.38. The van der Waals surface area contributed by atoms with Gasteiger partial charge >= 0.3 is 0 Å². The molecule has 2 N–H and O–H groups in total. The van der Waals surface area contributed by atoms with E-state index in [4.69, 9.17) is 4.42 Å². The number of anilines is 2. The summed E-state index contributed by atoms with van der Waals surface area (Å²) >= 11 is 1.35. The number of thiazole rings is 1. The fourth-order valence-corrected chi connectivity index (χ4v) is 4.37. The van der Waals surface area contributed by atoms with Crippen molar-refractivity contribution < 1.29 is 18.8 Å². The van der Waals surface area contributed by atoms with Crippen molar-refractivity contribution in [3.05, 3.63) is 53.8 Å². The van der Waals surface area contributed by atoms with E-state index >= 15 is 0 Å². The van der Waals surface area contributed by atoms with Crippen LogP contribution >= 0.6 is 11.3 Å². The predicted molar refractivity (Wildman–Crippen MR) is 132 cm³/mol. The second-order valence-corrected chi connectivity index (χ2v) is 10.2. The number of piperidine rings is 1. The van der Waals surface area contributed by atoms with Gasteiger partial charge in [-0.25, -0.2) is 4.98 Å². The highest BCUT2D eigenvalue weighted by Gasteiger charge is 2.30. The number of carbonyl (C=O) groups is 3. The summed E-state index contributed by atoms with van der Waals surface area (Å²) in [7, 11) is 0. The van der Waals surface area contributed by atoms with Gasteiger partial charge < -0.3 is 20.0 Å². The van der Waals surface area contributed by atoms with Gasteiger partial charge in [0.05, 0.1) is 17.9 Å². The Bertz CT molecular complexity index is 1160. The third-order valence-electron chi connectivity index (χ3n) is 5.67. The van der Waals surface area contributed by atoms with Crippen LogP contribution in [0.4, 0.5) is 10.8 Å². The summed E-state index contributed by atoms with van der Waals surface area (Å²) < 4.78 is 5.20. The zero-order valence-electron chi connectivity index (χ0n) is 19.5. The molecule has 1 aromatic carbocycles. The van der Waals surface area contributed by atoms with E-state index in [-0.39, 0.29) is 29.4 Å². The highest BCUT2D eigenvalue weighted by molar-refractivity contribution is 7.14. The molecule has 178 valence electrons. The molecule has 0 radical (unpaired) electrons. The lowest BCUT2D eigenvalue weighted by atomic mass is 9.95. The minimum atomic E-state index is -0.470. The van der Waals surface area contributed by atoms with E-state index in [0.29, 0.717) is 24.6 Å². The Morgan fingerprint density at radius 3 is 2.56 bits per heavy atom. The summed E-state index contributed by atoms with van der Waals surface area (Å²) in [4.78, 5) is 43.8. The first-order valence-electron chi connectivity index (χ1n) is 11.2. The number of aromatic nitrogens is 1. The molecule has 0 aliphatic carbocycles. The van der Waals surface area contributed by atoms with Crippen molar-refractivity contribution in [2.24, 2.45) is 11.3 Å². The summed E-state index contributed by atoms with van der Waals surface area (Å²) in [6.07, 6.45) is 2.94. The SMILES string of the molecule is CC(C)(C)C(=O)Nc1ccc(-c2csc(NC(=O)[C@H]3CCCN(C(=O)c4ccco4)C3)n2)cc1. The Morgan fingerprint density at radius 1 is 1.12 bits per heavy atom. The number of hydrogen-bond donors (Lipinski definition) is 2. The molecule has 3 heterocycles. The van der Waals surface area contributed by atoms with Crippen LogP contribution in [-0.2, 0) is 9.59 Å². The van der Waals surface area contributed by atoms with Crippen molar-refractivity contribution in [3.63, 3.8) is 0 Å². The number of rotatable bonds is 5. The molecule has 1 saturated heterocycles. The number of likely N-dealkylation sites (tertiary alicyclic amines) is 1. The van der Waals surface area contributed by atoms with E-state index in [1.165, 1.54) is 17.6 Å². The van der Waals surface area contributed by atoms with Crippen LogP contribution in [0.15, 0.2) is 52.5 Å². The third kappa shape index (κ3) is 5.53. The molecule has 1 aliphatic heterocycles. The van der Waals surface area contributed by atoms with Crippen LogP contribution in [0, 0.1) is 11.3 Å². The van der Waals surface area contributed by atoms with Crippen molar-refractivity contribution >= 4 is 39.9 Å². The second kappa shape index (κ2) is 9.80. The van der Waals surface area contributed by atoms with E-state index in [1.54, 1.807) is 17.0 Å². The van der Waals surface area contributed by atoms with Crippen molar-refractivity contribution in [2.75, 3.05) is 23.7 Å². The monoisotopic (exact) mass is 480 g/mol. The standard InChI is InChI=1S/C25H28N4O4S/c1-25(2,3)23(32)26-18-10-8-16(9-11-18)19-15-34-24(27-19)28-21(30)17-6-4-12-29(14-17)22(31)20-7-5-13-33-20/h5,7-11,13,15,17H,4,6,12,14H2,1-3H3,(H,26,32)(H,27,28,30)/t17-/m0/s1. The van der Waals surface area contributed by atoms with E-state index in [9.17, 15) is 14.4 Å². The quantitative estimate of drug-likeness (QED) is 0.542. The maximum Gasteiger partial charge on any atom is 0.289 e. The van der Waals surface area contributed by atoms with Gasteiger partial charge in [-0.2, -0.15) is 0 Å². The fraction of sp³-hybridized carbons (Fsp3) is 0.360. The maximum absolute atomic E-state index is 12.9. The molecule has 1 atom stereocenters. The van der Waals surface area contributed by atoms with Gasteiger partial charge in [0.25, 0.3) is 5.91 Å². The lowest BCUT2D eigenvalue weighted by Gasteiger charge is -2.31. The molecule has 34 heavy (non-hydrogen) atoms. The molecule has 4 rings (SSSR count). The molecule has 0 spiro atoms. The predicted octanol–water partition coefficient (Wildman–Crippen LogP) is 4.88. The average molecular weight is 481 g/mol. The fourth-order valence-electron chi connectivity index (χ4n) is 3.65. The zero-order chi connectivity index (χ0) is 24.3. The van der Waals surface area contributed by atoms with E-state index in [0.717, 1.165) is 23.4 Å². The van der Waals surface area contributed by atoms with Gasteiger partial charge in [-0.05, 0) is 37.1 Å². The summed E-state index contributed by atoms with van der Waals surface area (Å²) in [5.41, 5.74) is 1.88. The molecule has 0 saturated carbocycles. The highest BCUT2D eigenvalue weighted by atomic mass is 32.1. The first kappa shape index (κ1) is 23.7. The smallest absolute Gasteiger partial charge is 0.289 e. The number of carbonyl (C=O) groups excluding carboxylic acids is 3. The molecule has 9 heteroatoms. The van der Waals surface area contributed by atoms with Gasteiger partial charge in [0, 0.05) is 35.1 Å². The van der Waals surface area contributed by atoms with Gasteiger partial charge in [0.2, 0.25) is 11.8 Å². The van der Waals surface area contributed by atoms with Gasteiger partial charge in [0.1, 0.15) is 0 Å². The van der Waals surface area contributed by atoms with Gasteiger partial charge in [0.15, 0.2) is 10.9 Å². The molecule has 3 aromatic rings. The Hall–Kier alpha value is -3.46. The molecule has 1 fully saturated rings. The molecular weight excluding hydrogens is 452 g/mol. The summed E-state index contributed by atoms with van der Waals surface area (Å²) in [5.74, 6) is -0.398. The van der Waals surface area contributed by atoms with Crippen molar-refractivity contribution in [1.29, 1.82) is 0 Å². The Labute approximate surface area is 202 Å². The van der Waals surface area contributed by atoms with Crippen LogP contribution in [0.3, 0.4) is 0 Å². The first-order chi connectivity index (χ1) is 16.2. The number of nitrogens with one attached hydrogen (secondary N) is 2. The number of hydrogen-bond acceptors (Lipinski definition) is 6. The van der Waals surface area contributed by atoms with E-state index < -0.39 is 5.41 Å². The highest BCUT2D eigenvalue weighted by Crippen LogP contribution is 2.28. The molecule has 0 bridgehead atoms. The van der Waals surface area contributed by atoms with Crippen molar-refractivity contribution in [3.8, 4) is 11.3 Å². The maximum atomic E-state index is 12.9. The third-order valence-corrected chi connectivity index (χ3v) is 6.42. The molecule has 3 amide bonds. The summed E-state index contributed by atoms with van der Waals surface area (Å²) in [5, 5.41) is 8.20. The Kier molecular flexibility index (Phi) is 6.83. The number of nitrogens with zero attached hydrogens (tertiary/aromatic N) is 2. The van der Waals surface area contributed by atoms with Crippen LogP contribution in [0.2, 0.25) is 0 Å². The van der Waals surface area contributed by atoms with E-state index in [1.807, 2.05) is 50.4 Å².